The third kappa shape index (κ3) is 6.47. The summed E-state index contributed by atoms with van der Waals surface area (Å²) < 4.78 is 11.9. The van der Waals surface area contributed by atoms with Crippen molar-refractivity contribution in [2.75, 3.05) is 25.5 Å². The Hall–Kier alpha value is -3.07. The molecule has 0 radical (unpaired) electrons. The van der Waals surface area contributed by atoms with Gasteiger partial charge in [0.05, 0.1) is 42.5 Å². The zero-order chi connectivity index (χ0) is 23.3. The van der Waals surface area contributed by atoms with E-state index in [0.29, 0.717) is 42.1 Å². The summed E-state index contributed by atoms with van der Waals surface area (Å²) in [6.07, 6.45) is 12.0. The molecular weight excluding hydrogens is 418 g/mol. The standard InChI is InChI=1S/C24H35N7O2/c1-24(11-12-24)16-32-21-10-13-27-23(30-21)29-15-20(31(2)26)22(25)19-9-8-18(14-28-19)33-17-6-4-3-5-7-17/h8-10,13-14,17H,3-7,11-12,15-16,25-26H2,1-2H3,(H,27,29,30)/b22-20-. The number of rotatable bonds is 10. The van der Waals surface area contributed by atoms with E-state index in [9.17, 15) is 0 Å². The minimum atomic E-state index is 0.279. The highest BCUT2D eigenvalue weighted by Gasteiger charge is 2.38. The number of hydrogen-bond donors (Lipinski definition) is 3. The summed E-state index contributed by atoms with van der Waals surface area (Å²) in [5.74, 6) is 7.83. The average Bonchev–Trinajstić information content (AvgIpc) is 3.56. The highest BCUT2D eigenvalue weighted by Crippen LogP contribution is 2.44. The second kappa shape index (κ2) is 10.2. The van der Waals surface area contributed by atoms with Crippen molar-refractivity contribution >= 4 is 11.6 Å². The molecule has 2 aromatic heterocycles. The highest BCUT2D eigenvalue weighted by molar-refractivity contribution is 5.63. The van der Waals surface area contributed by atoms with Crippen molar-refractivity contribution in [1.29, 1.82) is 0 Å². The minimum Gasteiger partial charge on any atom is -0.489 e. The van der Waals surface area contributed by atoms with Crippen molar-refractivity contribution in [2.45, 2.75) is 58.0 Å². The molecule has 0 aromatic carbocycles. The van der Waals surface area contributed by atoms with Gasteiger partial charge in [0.2, 0.25) is 11.8 Å². The number of anilines is 1. The fourth-order valence-electron chi connectivity index (χ4n) is 3.82. The number of nitrogens with two attached hydrogens (primary N) is 2. The van der Waals surface area contributed by atoms with Gasteiger partial charge in [-0.25, -0.2) is 10.8 Å². The summed E-state index contributed by atoms with van der Waals surface area (Å²) in [6.45, 7) is 3.22. The molecule has 0 unspecified atom stereocenters. The van der Waals surface area contributed by atoms with Gasteiger partial charge in [0.25, 0.3) is 0 Å². The van der Waals surface area contributed by atoms with E-state index in [-0.39, 0.29) is 11.5 Å². The first-order valence-electron chi connectivity index (χ1n) is 11.7. The van der Waals surface area contributed by atoms with Crippen LogP contribution in [0.25, 0.3) is 5.70 Å². The molecule has 0 atom stereocenters. The second-order valence-electron chi connectivity index (χ2n) is 9.40. The molecule has 0 spiro atoms. The van der Waals surface area contributed by atoms with Gasteiger partial charge in [-0.15, -0.1) is 0 Å². The van der Waals surface area contributed by atoms with E-state index in [1.807, 2.05) is 12.1 Å². The Bertz CT molecular complexity index is 952. The first kappa shape index (κ1) is 23.1. The molecule has 2 aromatic rings. The van der Waals surface area contributed by atoms with Gasteiger partial charge >= 0.3 is 0 Å². The smallest absolute Gasteiger partial charge is 0.226 e. The van der Waals surface area contributed by atoms with Crippen molar-refractivity contribution in [3.63, 3.8) is 0 Å². The van der Waals surface area contributed by atoms with Gasteiger partial charge in [-0.2, -0.15) is 4.98 Å². The molecule has 2 aliphatic carbocycles. The summed E-state index contributed by atoms with van der Waals surface area (Å²) in [4.78, 5) is 13.2. The van der Waals surface area contributed by atoms with Crippen LogP contribution in [-0.4, -0.2) is 46.3 Å². The van der Waals surface area contributed by atoms with Gasteiger partial charge in [0.1, 0.15) is 5.75 Å². The molecule has 9 heteroatoms. The van der Waals surface area contributed by atoms with E-state index in [0.717, 1.165) is 18.6 Å². The topological polar surface area (TPSA) is 124 Å². The van der Waals surface area contributed by atoms with Gasteiger partial charge in [-0.1, -0.05) is 13.3 Å². The lowest BCUT2D eigenvalue weighted by atomic mass is 9.98. The average molecular weight is 454 g/mol. The zero-order valence-corrected chi connectivity index (χ0v) is 19.6. The highest BCUT2D eigenvalue weighted by atomic mass is 16.5. The van der Waals surface area contributed by atoms with Gasteiger partial charge < -0.3 is 25.5 Å². The summed E-state index contributed by atoms with van der Waals surface area (Å²) in [5.41, 5.74) is 8.49. The SMILES string of the molecule is CN(N)/C(CNc1nccc(OCC2(C)CC2)n1)=C(\N)c1ccc(OC2CCCCC2)cn1. The molecule has 0 saturated heterocycles. The van der Waals surface area contributed by atoms with Crippen molar-refractivity contribution in [3.05, 3.63) is 42.0 Å². The van der Waals surface area contributed by atoms with Crippen LogP contribution in [0.2, 0.25) is 0 Å². The first-order valence-corrected chi connectivity index (χ1v) is 11.7. The van der Waals surface area contributed by atoms with E-state index in [1.54, 1.807) is 25.5 Å². The molecule has 4 rings (SSSR count). The largest absolute Gasteiger partial charge is 0.489 e. The van der Waals surface area contributed by atoms with Crippen LogP contribution < -0.4 is 26.4 Å². The van der Waals surface area contributed by atoms with Gasteiger partial charge in [-0.05, 0) is 50.7 Å². The first-order chi connectivity index (χ1) is 15.9. The summed E-state index contributed by atoms with van der Waals surface area (Å²) in [6, 6.07) is 5.54. The number of likely N-dealkylation sites (N-methyl/N-ethyl adjacent to an activating group) is 1. The third-order valence-electron chi connectivity index (χ3n) is 6.32. The number of pyridine rings is 1. The van der Waals surface area contributed by atoms with E-state index < -0.39 is 0 Å². The molecule has 0 bridgehead atoms. The number of aromatic nitrogens is 3. The fourth-order valence-corrected chi connectivity index (χ4v) is 3.82. The Morgan fingerprint density at radius 3 is 2.64 bits per heavy atom. The molecule has 33 heavy (non-hydrogen) atoms. The number of ether oxygens (including phenoxy) is 2. The Morgan fingerprint density at radius 1 is 1.18 bits per heavy atom. The molecule has 9 nitrogen and oxygen atoms in total. The lowest BCUT2D eigenvalue weighted by molar-refractivity contribution is 0.154. The van der Waals surface area contributed by atoms with Crippen molar-refractivity contribution in [2.24, 2.45) is 17.0 Å². The van der Waals surface area contributed by atoms with Gasteiger partial charge in [-0.3, -0.25) is 4.98 Å². The van der Waals surface area contributed by atoms with Crippen LogP contribution in [0, 0.1) is 5.41 Å². The maximum Gasteiger partial charge on any atom is 0.226 e. The molecule has 2 fully saturated rings. The number of nitrogens with zero attached hydrogens (tertiary/aromatic N) is 4. The fraction of sp³-hybridized carbons (Fsp3) is 0.542. The predicted octanol–water partition coefficient (Wildman–Crippen LogP) is 3.31. The van der Waals surface area contributed by atoms with Crippen LogP contribution in [0.1, 0.15) is 57.6 Å². The molecule has 2 aliphatic rings. The van der Waals surface area contributed by atoms with Crippen LogP contribution in [0.4, 0.5) is 5.95 Å². The lowest BCUT2D eigenvalue weighted by Gasteiger charge is -2.23. The van der Waals surface area contributed by atoms with Gasteiger partial charge in [0, 0.05) is 24.7 Å². The zero-order valence-electron chi connectivity index (χ0n) is 19.6. The Balaban J connectivity index is 1.39. The van der Waals surface area contributed by atoms with E-state index in [2.05, 4.69) is 27.2 Å². The van der Waals surface area contributed by atoms with Crippen LogP contribution in [0.5, 0.6) is 11.6 Å². The molecule has 0 aliphatic heterocycles. The Kier molecular flexibility index (Phi) is 7.17. The van der Waals surface area contributed by atoms with E-state index in [1.165, 1.54) is 37.1 Å². The van der Waals surface area contributed by atoms with Gasteiger partial charge in [0.15, 0.2) is 0 Å². The molecule has 2 heterocycles. The summed E-state index contributed by atoms with van der Waals surface area (Å²) in [5, 5.41) is 4.66. The summed E-state index contributed by atoms with van der Waals surface area (Å²) in [7, 11) is 1.74. The molecule has 5 N–H and O–H groups in total. The maximum atomic E-state index is 6.42. The quantitative estimate of drug-likeness (QED) is 0.367. The van der Waals surface area contributed by atoms with E-state index in [4.69, 9.17) is 21.1 Å². The third-order valence-corrected chi connectivity index (χ3v) is 6.32. The monoisotopic (exact) mass is 453 g/mol. The van der Waals surface area contributed by atoms with Crippen molar-refractivity contribution in [3.8, 4) is 11.6 Å². The molecule has 178 valence electrons. The van der Waals surface area contributed by atoms with Crippen LogP contribution in [0.3, 0.4) is 0 Å². The number of hydrogen-bond acceptors (Lipinski definition) is 9. The molecular formula is C24H35N7O2. The Morgan fingerprint density at radius 2 is 1.97 bits per heavy atom. The van der Waals surface area contributed by atoms with Crippen molar-refractivity contribution < 1.29 is 9.47 Å². The molecule has 2 saturated carbocycles. The second-order valence-corrected chi connectivity index (χ2v) is 9.40. The number of nitrogens with one attached hydrogen (secondary N) is 1. The summed E-state index contributed by atoms with van der Waals surface area (Å²) >= 11 is 0. The molecule has 0 amide bonds. The lowest BCUT2D eigenvalue weighted by Crippen LogP contribution is -2.32. The Labute approximate surface area is 195 Å². The number of hydrazine groups is 1. The van der Waals surface area contributed by atoms with Crippen molar-refractivity contribution in [1.82, 2.24) is 20.0 Å². The van der Waals surface area contributed by atoms with Crippen LogP contribution in [-0.2, 0) is 0 Å². The maximum absolute atomic E-state index is 6.42. The normalized spacial score (nSPS) is 18.3. The minimum absolute atomic E-state index is 0.279. The predicted molar refractivity (Wildman–Crippen MR) is 128 cm³/mol. The van der Waals surface area contributed by atoms with Crippen LogP contribution >= 0.6 is 0 Å². The van der Waals surface area contributed by atoms with E-state index >= 15 is 0 Å². The van der Waals surface area contributed by atoms with Crippen LogP contribution in [0.15, 0.2) is 36.3 Å².